The van der Waals surface area contributed by atoms with Gasteiger partial charge in [0.1, 0.15) is 6.04 Å². The molecule has 0 spiro atoms. The first-order valence-corrected chi connectivity index (χ1v) is 8.42. The van der Waals surface area contributed by atoms with Crippen molar-refractivity contribution in [3.63, 3.8) is 0 Å². The average Bonchev–Trinajstić information content (AvgIpc) is 3.10. The topological polar surface area (TPSA) is 47.3 Å². The van der Waals surface area contributed by atoms with Crippen LogP contribution in [0.3, 0.4) is 0 Å². The summed E-state index contributed by atoms with van der Waals surface area (Å²) >= 11 is 0. The molecule has 0 saturated carbocycles. The molecule has 1 aromatic carbocycles. The van der Waals surface area contributed by atoms with Crippen molar-refractivity contribution in [2.75, 3.05) is 25.5 Å². The highest BCUT2D eigenvalue weighted by atomic mass is 19.4. The number of nitrogens with zero attached hydrogens (tertiary/aromatic N) is 3. The lowest BCUT2D eigenvalue weighted by Gasteiger charge is -2.33. The maximum atomic E-state index is 13.3. The lowest BCUT2D eigenvalue weighted by Crippen LogP contribution is -2.45. The smallest absolute Gasteiger partial charge is 0.356 e. The van der Waals surface area contributed by atoms with Crippen molar-refractivity contribution in [1.29, 1.82) is 5.26 Å². The summed E-state index contributed by atoms with van der Waals surface area (Å²) in [6.07, 6.45) is 0.283. The molecule has 0 aliphatic heterocycles. The zero-order chi connectivity index (χ0) is 19.5. The molecule has 1 aliphatic rings. The molecule has 1 aliphatic carbocycles. The maximum Gasteiger partial charge on any atom is 0.417 e. The molecule has 2 rings (SSSR count). The number of alkyl halides is 3. The lowest BCUT2D eigenvalue weighted by molar-refractivity contribution is -0.137. The number of nitriles is 1. The summed E-state index contributed by atoms with van der Waals surface area (Å²) in [5, 5.41) is 8.98. The Morgan fingerprint density at radius 3 is 2.54 bits per heavy atom. The van der Waals surface area contributed by atoms with Gasteiger partial charge in [0.2, 0.25) is 5.91 Å². The van der Waals surface area contributed by atoms with E-state index in [2.05, 4.69) is 6.08 Å². The molecule has 0 fully saturated rings. The van der Waals surface area contributed by atoms with Crippen LogP contribution >= 0.6 is 0 Å². The first-order valence-electron chi connectivity index (χ1n) is 8.42. The number of hydrogen-bond donors (Lipinski definition) is 0. The van der Waals surface area contributed by atoms with Crippen molar-refractivity contribution in [1.82, 2.24) is 4.90 Å². The summed E-state index contributed by atoms with van der Waals surface area (Å²) < 4.78 is 39.9. The number of allylic oxidation sites excluding steroid dienone is 1. The molecule has 1 amide bonds. The van der Waals surface area contributed by atoms with Crippen LogP contribution < -0.4 is 4.90 Å². The average molecular weight is 365 g/mol. The molecule has 0 N–H and O–H groups in total. The van der Waals surface area contributed by atoms with Gasteiger partial charge in [-0.15, -0.1) is 0 Å². The number of benzene rings is 1. The van der Waals surface area contributed by atoms with E-state index in [4.69, 9.17) is 5.26 Å². The van der Waals surface area contributed by atoms with Crippen molar-refractivity contribution in [3.8, 4) is 6.07 Å². The molecule has 140 valence electrons. The highest BCUT2D eigenvalue weighted by Crippen LogP contribution is 2.35. The van der Waals surface area contributed by atoms with Crippen molar-refractivity contribution < 1.29 is 18.0 Å². The molecule has 0 heterocycles. The summed E-state index contributed by atoms with van der Waals surface area (Å²) in [6.45, 7) is 2.08. The number of amides is 1. The molecular formula is C19H22F3N3O. The quantitative estimate of drug-likeness (QED) is 0.742. The minimum Gasteiger partial charge on any atom is -0.356 e. The van der Waals surface area contributed by atoms with E-state index in [-0.39, 0.29) is 11.6 Å². The number of likely N-dealkylation sites (N-methyl/N-ethyl adjacent to an activating group) is 1. The Balaban J connectivity index is 2.47. The van der Waals surface area contributed by atoms with Crippen LogP contribution in [0.15, 0.2) is 29.8 Å². The van der Waals surface area contributed by atoms with Gasteiger partial charge < -0.3 is 9.80 Å². The highest BCUT2D eigenvalue weighted by Gasteiger charge is 2.35. The van der Waals surface area contributed by atoms with Gasteiger partial charge in [0.15, 0.2) is 0 Å². The molecule has 0 saturated heterocycles. The summed E-state index contributed by atoms with van der Waals surface area (Å²) in [5.41, 5.74) is -0.00609. The number of anilines is 1. The number of carbonyl (C=O) groups is 1. The van der Waals surface area contributed by atoms with Crippen LogP contribution in [0.1, 0.15) is 37.3 Å². The number of hydrogen-bond acceptors (Lipinski definition) is 3. The normalized spacial score (nSPS) is 15.2. The second kappa shape index (κ2) is 7.81. The molecular weight excluding hydrogens is 343 g/mol. The van der Waals surface area contributed by atoms with Gasteiger partial charge >= 0.3 is 6.18 Å². The predicted octanol–water partition coefficient (Wildman–Crippen LogP) is 3.97. The lowest BCUT2D eigenvalue weighted by atomic mass is 10.0. The van der Waals surface area contributed by atoms with Crippen LogP contribution in [0.25, 0.3) is 0 Å². The van der Waals surface area contributed by atoms with Crippen LogP contribution in [-0.2, 0) is 11.0 Å². The van der Waals surface area contributed by atoms with Gasteiger partial charge in [-0.25, -0.2) is 0 Å². The van der Waals surface area contributed by atoms with E-state index in [1.165, 1.54) is 17.0 Å². The third-order valence-electron chi connectivity index (χ3n) is 4.53. The van der Waals surface area contributed by atoms with E-state index in [0.717, 1.165) is 30.9 Å². The minimum absolute atomic E-state index is 0.193. The van der Waals surface area contributed by atoms with E-state index < -0.39 is 23.3 Å². The molecule has 1 atom stereocenters. The molecule has 1 unspecified atom stereocenters. The van der Waals surface area contributed by atoms with Crippen LogP contribution in [0.5, 0.6) is 0 Å². The number of carbonyl (C=O) groups excluding carboxylic acids is 1. The Morgan fingerprint density at radius 2 is 2.04 bits per heavy atom. The summed E-state index contributed by atoms with van der Waals surface area (Å²) in [7, 11) is 3.23. The summed E-state index contributed by atoms with van der Waals surface area (Å²) in [5.74, 6) is -0.193. The molecule has 0 radical (unpaired) electrons. The molecule has 4 nitrogen and oxygen atoms in total. The minimum atomic E-state index is -4.63. The Morgan fingerprint density at radius 1 is 1.35 bits per heavy atom. The Labute approximate surface area is 151 Å². The first-order chi connectivity index (χ1) is 12.1. The van der Waals surface area contributed by atoms with Gasteiger partial charge in [-0.3, -0.25) is 4.79 Å². The second-order valence-corrected chi connectivity index (χ2v) is 6.63. The van der Waals surface area contributed by atoms with Crippen LogP contribution in [0.4, 0.5) is 18.9 Å². The Hall–Kier alpha value is -2.49. The van der Waals surface area contributed by atoms with E-state index in [1.54, 1.807) is 32.0 Å². The van der Waals surface area contributed by atoms with Gasteiger partial charge in [-0.2, -0.15) is 18.4 Å². The number of rotatable bonds is 5. The van der Waals surface area contributed by atoms with Gasteiger partial charge in [0, 0.05) is 26.3 Å². The van der Waals surface area contributed by atoms with E-state index in [1.807, 2.05) is 0 Å². The molecule has 1 aromatic rings. The van der Waals surface area contributed by atoms with E-state index in [0.29, 0.717) is 6.54 Å². The van der Waals surface area contributed by atoms with Gasteiger partial charge in [-0.1, -0.05) is 11.6 Å². The van der Waals surface area contributed by atoms with Gasteiger partial charge in [-0.05, 0) is 44.4 Å². The van der Waals surface area contributed by atoms with Gasteiger partial charge in [0.05, 0.1) is 17.2 Å². The van der Waals surface area contributed by atoms with Crippen molar-refractivity contribution in [3.05, 3.63) is 41.0 Å². The van der Waals surface area contributed by atoms with Crippen molar-refractivity contribution in [2.45, 2.75) is 38.4 Å². The fourth-order valence-electron chi connectivity index (χ4n) is 3.10. The van der Waals surface area contributed by atoms with E-state index >= 15 is 0 Å². The van der Waals surface area contributed by atoms with Gasteiger partial charge in [0.25, 0.3) is 0 Å². The predicted molar refractivity (Wildman–Crippen MR) is 93.6 cm³/mol. The molecule has 26 heavy (non-hydrogen) atoms. The Kier molecular flexibility index (Phi) is 5.96. The molecule has 0 bridgehead atoms. The van der Waals surface area contributed by atoms with Crippen molar-refractivity contribution in [2.24, 2.45) is 0 Å². The Bertz CT molecular complexity index is 747. The summed E-state index contributed by atoms with van der Waals surface area (Å²) in [6, 6.07) is 4.57. The highest BCUT2D eigenvalue weighted by molar-refractivity contribution is 5.84. The summed E-state index contributed by atoms with van der Waals surface area (Å²) in [4.78, 5) is 15.5. The SMILES string of the molecule is CC(C(=O)N(C)C)N(CC1=CCCC1)c1ccc(C#N)c(C(F)(F)F)c1. The van der Waals surface area contributed by atoms with Crippen LogP contribution in [0, 0.1) is 11.3 Å². The fraction of sp³-hybridized carbons (Fsp3) is 0.474. The molecule has 7 heteroatoms. The zero-order valence-corrected chi connectivity index (χ0v) is 15.1. The van der Waals surface area contributed by atoms with E-state index in [9.17, 15) is 18.0 Å². The second-order valence-electron chi connectivity index (χ2n) is 6.63. The third kappa shape index (κ3) is 4.37. The largest absolute Gasteiger partial charge is 0.417 e. The standard InChI is InChI=1S/C19H22F3N3O/c1-13(18(26)24(2)3)25(12-14-6-4-5-7-14)16-9-8-15(11-23)17(10-16)19(20,21)22/h6,8-10,13H,4-5,7,12H2,1-3H3. The molecule has 0 aromatic heterocycles. The fourth-order valence-corrected chi connectivity index (χ4v) is 3.10. The number of halogens is 3. The van der Waals surface area contributed by atoms with Crippen molar-refractivity contribution >= 4 is 11.6 Å². The third-order valence-corrected chi connectivity index (χ3v) is 4.53. The van der Waals surface area contributed by atoms with Crippen LogP contribution in [0.2, 0.25) is 0 Å². The maximum absolute atomic E-state index is 13.3. The van der Waals surface area contributed by atoms with Crippen LogP contribution in [-0.4, -0.2) is 37.5 Å². The zero-order valence-electron chi connectivity index (χ0n) is 15.1. The monoisotopic (exact) mass is 365 g/mol. The first kappa shape index (κ1) is 19.8.